The summed E-state index contributed by atoms with van der Waals surface area (Å²) in [4.78, 5) is 36.4. The molecule has 2 bridgehead atoms. The quantitative estimate of drug-likeness (QED) is 0.235. The second-order valence-electron chi connectivity index (χ2n) is 8.73. The first kappa shape index (κ1) is 19.0. The third kappa shape index (κ3) is 2.60. The van der Waals surface area contributed by atoms with Crippen LogP contribution in [0.3, 0.4) is 0 Å². The summed E-state index contributed by atoms with van der Waals surface area (Å²) in [5.74, 6) is 1.39. The van der Waals surface area contributed by atoms with Gasteiger partial charge >= 0.3 is 0 Å². The van der Waals surface area contributed by atoms with Crippen molar-refractivity contribution in [1.29, 1.82) is 0 Å². The van der Waals surface area contributed by atoms with Crippen LogP contribution in [0, 0.1) is 45.6 Å². The van der Waals surface area contributed by atoms with Crippen LogP contribution < -0.4 is 4.74 Å². The number of methoxy groups -OCH3 is 1. The van der Waals surface area contributed by atoms with E-state index in [2.05, 4.69) is 17.3 Å². The number of imide groups is 1. The third-order valence-electron chi connectivity index (χ3n) is 7.23. The fourth-order valence-corrected chi connectivity index (χ4v) is 5.73. The lowest BCUT2D eigenvalue weighted by molar-refractivity contribution is -0.384. The van der Waals surface area contributed by atoms with E-state index in [0.717, 1.165) is 11.4 Å². The van der Waals surface area contributed by atoms with Crippen molar-refractivity contribution < 1.29 is 23.7 Å². The van der Waals surface area contributed by atoms with Crippen molar-refractivity contribution in [2.75, 3.05) is 7.11 Å². The van der Waals surface area contributed by atoms with E-state index < -0.39 is 4.92 Å². The SMILES string of the molecule is COc1cc([N+](=O)[O-])ccc1-c1ccc(/C=N\N2C(=O)[C@H]3[C@@H]4C=C[C@H]([C@H]5C[C@H]45)[C@@H]3C2=O)o1. The molecule has 1 aliphatic heterocycles. The van der Waals surface area contributed by atoms with E-state index in [1.807, 2.05) is 0 Å². The zero-order valence-corrected chi connectivity index (χ0v) is 17.1. The lowest BCUT2D eigenvalue weighted by atomic mass is 9.63. The summed E-state index contributed by atoms with van der Waals surface area (Å²) in [5, 5.41) is 16.2. The number of ether oxygens (including phenoxy) is 1. The van der Waals surface area contributed by atoms with Gasteiger partial charge in [-0.2, -0.15) is 10.1 Å². The fraction of sp³-hybridized carbons (Fsp3) is 0.348. The van der Waals surface area contributed by atoms with Gasteiger partial charge in [0.05, 0.1) is 41.7 Å². The molecule has 0 radical (unpaired) electrons. The van der Waals surface area contributed by atoms with E-state index in [0.29, 0.717) is 34.7 Å². The fourth-order valence-electron chi connectivity index (χ4n) is 5.73. The van der Waals surface area contributed by atoms with Gasteiger partial charge in [0.2, 0.25) is 0 Å². The molecule has 2 heterocycles. The Balaban J connectivity index is 1.24. The number of nitro benzene ring substituents is 1. The van der Waals surface area contributed by atoms with E-state index in [9.17, 15) is 19.7 Å². The van der Waals surface area contributed by atoms with Crippen LogP contribution >= 0.6 is 0 Å². The van der Waals surface area contributed by atoms with Crippen LogP contribution in [0.5, 0.6) is 5.75 Å². The monoisotopic (exact) mass is 433 g/mol. The van der Waals surface area contributed by atoms with Crippen molar-refractivity contribution in [2.24, 2.45) is 40.6 Å². The Hall–Kier alpha value is -3.75. The Morgan fingerprint density at radius 3 is 2.44 bits per heavy atom. The van der Waals surface area contributed by atoms with Crippen LogP contribution in [0.4, 0.5) is 5.69 Å². The number of benzene rings is 1. The maximum atomic E-state index is 13.0. The average molecular weight is 433 g/mol. The molecule has 1 saturated heterocycles. The van der Waals surface area contributed by atoms with Crippen molar-refractivity contribution in [1.82, 2.24) is 5.01 Å². The summed E-state index contributed by atoms with van der Waals surface area (Å²) in [6.07, 6.45) is 6.70. The molecule has 3 fully saturated rings. The number of hydrogen-bond donors (Lipinski definition) is 0. The Bertz CT molecular complexity index is 1190. The van der Waals surface area contributed by atoms with Gasteiger partial charge in [-0.1, -0.05) is 12.2 Å². The van der Waals surface area contributed by atoms with Crippen LogP contribution in [0.2, 0.25) is 0 Å². The highest BCUT2D eigenvalue weighted by Gasteiger charge is 2.67. The van der Waals surface area contributed by atoms with Crippen molar-refractivity contribution in [2.45, 2.75) is 6.42 Å². The van der Waals surface area contributed by atoms with Crippen molar-refractivity contribution in [3.63, 3.8) is 0 Å². The molecule has 0 spiro atoms. The number of amides is 2. The lowest BCUT2D eigenvalue weighted by Crippen LogP contribution is -2.40. The molecule has 9 heteroatoms. The maximum Gasteiger partial charge on any atom is 0.273 e. The molecule has 2 amide bonds. The van der Waals surface area contributed by atoms with E-state index in [-0.39, 0.29) is 41.2 Å². The van der Waals surface area contributed by atoms with Gasteiger partial charge < -0.3 is 9.15 Å². The van der Waals surface area contributed by atoms with E-state index in [1.54, 1.807) is 18.2 Å². The van der Waals surface area contributed by atoms with Gasteiger partial charge in [-0.25, -0.2) is 0 Å². The zero-order chi connectivity index (χ0) is 22.1. The summed E-state index contributed by atoms with van der Waals surface area (Å²) in [5.41, 5.74) is 0.450. The number of non-ortho nitro benzene ring substituents is 1. The summed E-state index contributed by atoms with van der Waals surface area (Å²) in [6, 6.07) is 7.56. The van der Waals surface area contributed by atoms with E-state index in [1.165, 1.54) is 25.5 Å². The van der Waals surface area contributed by atoms with E-state index >= 15 is 0 Å². The topological polar surface area (TPSA) is 115 Å². The largest absolute Gasteiger partial charge is 0.496 e. The Morgan fingerprint density at radius 1 is 1.12 bits per heavy atom. The smallest absolute Gasteiger partial charge is 0.273 e. The number of carbonyl (C=O) groups is 2. The first-order chi connectivity index (χ1) is 15.5. The average Bonchev–Trinajstić information content (AvgIpc) is 3.44. The van der Waals surface area contributed by atoms with Crippen molar-refractivity contribution >= 4 is 23.7 Å². The highest BCUT2D eigenvalue weighted by atomic mass is 16.6. The minimum absolute atomic E-state index is 0.0902. The summed E-state index contributed by atoms with van der Waals surface area (Å²) >= 11 is 0. The van der Waals surface area contributed by atoms with E-state index in [4.69, 9.17) is 9.15 Å². The molecule has 5 aliphatic rings. The van der Waals surface area contributed by atoms with Crippen LogP contribution in [0.1, 0.15) is 12.2 Å². The molecule has 7 rings (SSSR count). The maximum absolute atomic E-state index is 13.0. The molecule has 4 aliphatic carbocycles. The van der Waals surface area contributed by atoms with Gasteiger partial charge in [-0.3, -0.25) is 19.7 Å². The number of rotatable bonds is 5. The second kappa shape index (κ2) is 6.62. The predicted octanol–water partition coefficient (Wildman–Crippen LogP) is 3.25. The van der Waals surface area contributed by atoms with Crippen LogP contribution in [0.15, 0.2) is 52.0 Å². The number of nitro groups is 1. The van der Waals surface area contributed by atoms with Gasteiger partial charge in [-0.05, 0) is 48.3 Å². The Kier molecular flexibility index (Phi) is 3.93. The van der Waals surface area contributed by atoms with Gasteiger partial charge in [0.15, 0.2) is 0 Å². The molecule has 2 aromatic rings. The summed E-state index contributed by atoms with van der Waals surface area (Å²) in [6.45, 7) is 0. The normalized spacial score (nSPS) is 31.8. The Morgan fingerprint density at radius 2 is 1.81 bits per heavy atom. The lowest BCUT2D eigenvalue weighted by Gasteiger charge is -2.37. The van der Waals surface area contributed by atoms with Gasteiger partial charge in [0.25, 0.3) is 17.5 Å². The van der Waals surface area contributed by atoms with Gasteiger partial charge in [0.1, 0.15) is 17.3 Å². The standard InChI is InChI=1S/C23H19N3O6/c1-31-19-8-11(26(29)30)2-4-15(19)18-7-3-12(32-18)10-24-25-22(27)20-13-5-6-14(17-9-16(13)17)21(20)23(25)28/h2-8,10,13-14,16-17,20-21H,9H2,1H3/b24-10-/t13-,14-,16-,17-,20+,21+/m1/s1. The molecule has 32 heavy (non-hydrogen) atoms. The Labute approximate surface area is 182 Å². The summed E-state index contributed by atoms with van der Waals surface area (Å²) < 4.78 is 11.0. The highest BCUT2D eigenvalue weighted by molar-refractivity contribution is 6.06. The third-order valence-corrected chi connectivity index (χ3v) is 7.23. The number of hydrazone groups is 1. The minimum atomic E-state index is -0.501. The number of furan rings is 1. The molecule has 9 nitrogen and oxygen atoms in total. The molecule has 6 atom stereocenters. The molecule has 1 aromatic carbocycles. The first-order valence-electron chi connectivity index (χ1n) is 10.5. The molecule has 0 N–H and O–H groups in total. The van der Waals surface area contributed by atoms with Crippen molar-refractivity contribution in [3.8, 4) is 17.1 Å². The molecular weight excluding hydrogens is 414 g/mol. The highest BCUT2D eigenvalue weighted by Crippen LogP contribution is 2.65. The number of carbonyl (C=O) groups excluding carboxylic acids is 2. The molecule has 2 saturated carbocycles. The van der Waals surface area contributed by atoms with Crippen LogP contribution in [0.25, 0.3) is 11.3 Å². The number of hydrogen-bond acceptors (Lipinski definition) is 7. The molecular formula is C23H19N3O6. The van der Waals surface area contributed by atoms with Gasteiger partial charge in [-0.15, -0.1) is 0 Å². The number of allylic oxidation sites excluding steroid dienone is 2. The molecule has 1 aromatic heterocycles. The van der Waals surface area contributed by atoms with Gasteiger partial charge in [0, 0.05) is 6.07 Å². The molecule has 162 valence electrons. The first-order valence-corrected chi connectivity index (χ1v) is 10.5. The molecule has 0 unspecified atom stereocenters. The van der Waals surface area contributed by atoms with Crippen LogP contribution in [-0.2, 0) is 9.59 Å². The minimum Gasteiger partial charge on any atom is -0.496 e. The number of nitrogens with zero attached hydrogens (tertiary/aromatic N) is 3. The predicted molar refractivity (Wildman–Crippen MR) is 111 cm³/mol. The second-order valence-corrected chi connectivity index (χ2v) is 8.73. The zero-order valence-electron chi connectivity index (χ0n) is 17.1. The van der Waals surface area contributed by atoms with Crippen molar-refractivity contribution in [3.05, 3.63) is 58.4 Å². The summed E-state index contributed by atoms with van der Waals surface area (Å²) in [7, 11) is 1.42. The van der Waals surface area contributed by atoms with Crippen LogP contribution in [-0.4, -0.2) is 35.1 Å².